The Morgan fingerprint density at radius 2 is 0.690 bits per heavy atom. The minimum Gasteiger partial charge on any atom is -0.394 e. The highest BCUT2D eigenvalue weighted by molar-refractivity contribution is 5.73. The third-order valence-electron chi connectivity index (χ3n) is 18.3. The Hall–Kier alpha value is -3.11. The summed E-state index contributed by atoms with van der Waals surface area (Å²) in [6.07, 6.45) is -75.4. The van der Waals surface area contributed by atoms with Gasteiger partial charge in [0.1, 0.15) is 183 Å². The number of amides is 3. The molecule has 44 nitrogen and oxygen atoms in total. The highest BCUT2D eigenvalue weighted by atomic mass is 16.8. The fraction of sp³-hybridized carbons (Fsp3) is 0.946. The van der Waals surface area contributed by atoms with Gasteiger partial charge in [0.05, 0.1) is 71.1 Å². The molecule has 0 unspecified atom stereocenters. The van der Waals surface area contributed by atoms with Crippen LogP contribution in [-0.2, 0) is 90.2 Å². The Balaban J connectivity index is 1.18. The van der Waals surface area contributed by atoms with Crippen LogP contribution in [0.5, 0.6) is 0 Å². The van der Waals surface area contributed by atoms with Crippen molar-refractivity contribution in [2.75, 3.05) is 52.9 Å². The van der Waals surface area contributed by atoms with Gasteiger partial charge in [-0.25, -0.2) is 0 Å². The molecular weight excluding hydrogens is 1370 g/mol. The topological polar surface area (TPSA) is 680 Å². The zero-order chi connectivity index (χ0) is 73.6. The number of rotatable bonds is 28. The standard InChI is InChI=1S/C56H95N3O41/c1-14-27(69)32(74)37(79)52(87-14)96-45-23(10-65)92-50(26(59-17(4)68)47(45)99-55-40(82)35(77)30(72)20(7-62)90-55)100-48-31(73)24(94-56(42(48)84)95-43-21(8-63)93-51(41(83)36(43)78)85-11-18(5-60)57-13-66)12-86-49-25(58-16(3)67)46(98-53-38(80)33(75)28(70)15(2)88-53)44(22(9-64)91-49)97-54-39(81)34(76)29(71)19(6-61)89-54/h13-15,18-56,60-65,69-84H,5-12H2,1-4H3,(H,57,66)(H,58,67)(H,59,68)/t14-,15-,18+,19+,20+,21+,22+,23+,24+,25+,26+,27+,28+,29-,30-,31-,32+,33+,34-,35-,36+,37-,38-,39+,40+,41+,42+,43+,44+,45+,46+,47+,48-,49+,50-,51+,52-,53-,54-,55-,56-/m0/s1. The molecule has 8 saturated heterocycles. The van der Waals surface area contributed by atoms with Crippen molar-refractivity contribution in [3.8, 4) is 0 Å². The van der Waals surface area contributed by atoms with Crippen LogP contribution in [0, 0.1) is 0 Å². The molecule has 8 aliphatic rings. The van der Waals surface area contributed by atoms with Crippen molar-refractivity contribution in [2.45, 2.75) is 279 Å². The van der Waals surface area contributed by atoms with E-state index in [1.54, 1.807) is 0 Å². The van der Waals surface area contributed by atoms with Gasteiger partial charge in [-0.3, -0.25) is 14.4 Å². The number of nitrogens with one attached hydrogen (secondary N) is 3. The lowest BCUT2D eigenvalue weighted by molar-refractivity contribution is -0.395. The first kappa shape index (κ1) is 82.5. The van der Waals surface area contributed by atoms with Crippen LogP contribution in [0.3, 0.4) is 0 Å². The first-order valence-electron chi connectivity index (χ1n) is 32.1. The lowest BCUT2D eigenvalue weighted by atomic mass is 9.93. The lowest BCUT2D eigenvalue weighted by Gasteiger charge is -2.52. The number of hydrogen-bond acceptors (Lipinski definition) is 41. The molecule has 100 heavy (non-hydrogen) atoms. The molecule has 8 fully saturated rings. The van der Waals surface area contributed by atoms with Crippen molar-refractivity contribution in [1.82, 2.24) is 16.0 Å². The second-order valence-electron chi connectivity index (χ2n) is 25.3. The SMILES string of the molecule is CC(=O)N[C@H]1[C@H](O[C@H]2[C@@H](O)[C@@H](CO[C@@H]3O[C@H](CO)[C@@H](O[C@@H]4O[C@H](CO)[C@H](O)[C@H](O)[C@H]4O)[C@H](O[C@@H]4O[C@@H](C)[C@@H](O)[C@@H](O)[C@@H]4O)[C@H]3NC(C)=O)O[C@@H](O[C@H]3[C@H](O)[C@@H](O)[C@H](OC[C@@H](CO)NC=O)O[C@@H]3CO)[C@@H]2O)O[C@H](CO)[C@@H](O[C@@H]2O[C@@H](C)[C@@H](O)[C@@H](O)[C@@H]2O)[C@@H]1O[C@@H]1O[C@H](CO)[C@H](O)[C@H](O)[C@H]1O. The minimum absolute atomic E-state index is 0.231. The smallest absolute Gasteiger partial charge is 0.217 e. The predicted octanol–water partition coefficient (Wildman–Crippen LogP) is -17.0. The fourth-order valence-electron chi connectivity index (χ4n) is 12.7. The summed E-state index contributed by atoms with van der Waals surface area (Å²) in [6, 6.07) is -4.96. The highest BCUT2D eigenvalue weighted by Gasteiger charge is 2.60. The van der Waals surface area contributed by atoms with E-state index >= 15 is 0 Å². The number of aliphatic hydroxyl groups is 22. The largest absolute Gasteiger partial charge is 0.394 e. The van der Waals surface area contributed by atoms with Crippen molar-refractivity contribution in [1.29, 1.82) is 0 Å². The molecule has 25 N–H and O–H groups in total. The van der Waals surface area contributed by atoms with Gasteiger partial charge >= 0.3 is 0 Å². The summed E-state index contributed by atoms with van der Waals surface area (Å²) >= 11 is 0. The van der Waals surface area contributed by atoms with Gasteiger partial charge in [-0.2, -0.15) is 0 Å². The third-order valence-corrected chi connectivity index (χ3v) is 18.3. The van der Waals surface area contributed by atoms with Crippen molar-refractivity contribution < 1.29 is 203 Å². The van der Waals surface area contributed by atoms with Gasteiger partial charge in [0, 0.05) is 13.8 Å². The summed E-state index contributed by atoms with van der Waals surface area (Å²) in [7, 11) is 0. The van der Waals surface area contributed by atoms with Crippen LogP contribution in [0.4, 0.5) is 0 Å². The van der Waals surface area contributed by atoms with E-state index in [4.69, 9.17) is 75.8 Å². The number of carbonyl (C=O) groups excluding carboxylic acids is 3. The number of carbonyl (C=O) groups is 3. The van der Waals surface area contributed by atoms with Crippen LogP contribution in [0.1, 0.15) is 27.7 Å². The van der Waals surface area contributed by atoms with Gasteiger partial charge < -0.3 is 204 Å². The van der Waals surface area contributed by atoms with Crippen molar-refractivity contribution in [3.05, 3.63) is 0 Å². The second-order valence-corrected chi connectivity index (χ2v) is 25.3. The van der Waals surface area contributed by atoms with Crippen LogP contribution < -0.4 is 16.0 Å². The molecule has 8 aliphatic heterocycles. The maximum atomic E-state index is 13.4. The van der Waals surface area contributed by atoms with Crippen LogP contribution in [0.2, 0.25) is 0 Å². The number of hydrogen-bond donors (Lipinski definition) is 25. The second kappa shape index (κ2) is 36.5. The summed E-state index contributed by atoms with van der Waals surface area (Å²) in [5.41, 5.74) is 0. The zero-order valence-corrected chi connectivity index (χ0v) is 54.0. The first-order chi connectivity index (χ1) is 47.4. The molecule has 0 spiro atoms. The Labute approximate surface area is 567 Å². The van der Waals surface area contributed by atoms with Crippen LogP contribution >= 0.6 is 0 Å². The minimum atomic E-state index is -2.47. The Bertz CT molecular complexity index is 2530. The molecule has 3 amide bonds. The Morgan fingerprint density at radius 3 is 1.12 bits per heavy atom. The molecule has 0 saturated carbocycles. The Kier molecular flexibility index (Phi) is 30.1. The molecule has 0 bridgehead atoms. The summed E-state index contributed by atoms with van der Waals surface area (Å²) in [5.74, 6) is -1.91. The number of ether oxygens (including phenoxy) is 16. The molecule has 0 aliphatic carbocycles. The van der Waals surface area contributed by atoms with Gasteiger partial charge in [0.2, 0.25) is 18.2 Å². The molecule has 8 heterocycles. The molecular formula is C56H95N3O41. The van der Waals surface area contributed by atoms with E-state index in [1.165, 1.54) is 13.8 Å². The maximum Gasteiger partial charge on any atom is 0.217 e. The maximum absolute atomic E-state index is 13.4. The summed E-state index contributed by atoms with van der Waals surface area (Å²) in [4.78, 5) is 37.9. The van der Waals surface area contributed by atoms with Crippen LogP contribution in [-0.4, -0.2) is 435 Å². The average molecular weight is 1470 g/mol. The van der Waals surface area contributed by atoms with Gasteiger partial charge in [-0.05, 0) is 13.8 Å². The van der Waals surface area contributed by atoms with Crippen LogP contribution in [0.25, 0.3) is 0 Å². The third kappa shape index (κ3) is 18.3. The van der Waals surface area contributed by atoms with E-state index in [2.05, 4.69) is 16.0 Å². The highest BCUT2D eigenvalue weighted by Crippen LogP contribution is 2.40. The molecule has 0 aromatic carbocycles. The number of aliphatic hydroxyl groups excluding tert-OH is 22. The van der Waals surface area contributed by atoms with E-state index in [1.807, 2.05) is 0 Å². The Morgan fingerprint density at radius 1 is 0.350 bits per heavy atom. The summed E-state index contributed by atoms with van der Waals surface area (Å²) < 4.78 is 95.7. The molecule has 44 heteroatoms. The molecule has 41 atom stereocenters. The summed E-state index contributed by atoms with van der Waals surface area (Å²) in [6.45, 7) is -3.27. The van der Waals surface area contributed by atoms with E-state index < -0.39 is 316 Å². The predicted molar refractivity (Wildman–Crippen MR) is 309 cm³/mol. The zero-order valence-electron chi connectivity index (χ0n) is 54.0. The van der Waals surface area contributed by atoms with Crippen molar-refractivity contribution in [2.24, 2.45) is 0 Å². The molecule has 8 rings (SSSR count). The molecule has 0 radical (unpaired) electrons. The lowest BCUT2D eigenvalue weighted by Crippen LogP contribution is -2.71. The summed E-state index contributed by atoms with van der Waals surface area (Å²) in [5, 5.41) is 248. The molecule has 0 aromatic heterocycles. The van der Waals surface area contributed by atoms with E-state index in [-0.39, 0.29) is 6.41 Å². The monoisotopic (exact) mass is 1470 g/mol. The van der Waals surface area contributed by atoms with Gasteiger partial charge in [-0.15, -0.1) is 0 Å². The van der Waals surface area contributed by atoms with Gasteiger partial charge in [-0.1, -0.05) is 0 Å². The van der Waals surface area contributed by atoms with Gasteiger partial charge in [0.15, 0.2) is 50.3 Å². The van der Waals surface area contributed by atoms with E-state index in [0.717, 1.165) is 13.8 Å². The van der Waals surface area contributed by atoms with Gasteiger partial charge in [0.25, 0.3) is 0 Å². The van der Waals surface area contributed by atoms with Crippen molar-refractivity contribution in [3.63, 3.8) is 0 Å². The van der Waals surface area contributed by atoms with E-state index in [9.17, 15) is 127 Å². The fourth-order valence-corrected chi connectivity index (χ4v) is 12.7. The van der Waals surface area contributed by atoms with Crippen molar-refractivity contribution >= 4 is 18.2 Å². The normalized spacial score (nSPS) is 49.1. The first-order valence-corrected chi connectivity index (χ1v) is 32.1. The van der Waals surface area contributed by atoms with Crippen LogP contribution in [0.15, 0.2) is 0 Å². The quantitative estimate of drug-likeness (QED) is 0.0324. The van der Waals surface area contributed by atoms with E-state index in [0.29, 0.717) is 0 Å². The molecule has 580 valence electrons. The average Bonchev–Trinajstić information content (AvgIpc) is 0.730. The molecule has 0 aromatic rings.